The van der Waals surface area contributed by atoms with Crippen LogP contribution in [0.2, 0.25) is 0 Å². The van der Waals surface area contributed by atoms with Gasteiger partial charge < -0.3 is 14.2 Å². The number of ether oxygens (including phenoxy) is 3. The molecule has 0 aliphatic carbocycles. The third kappa shape index (κ3) is 8.44. The van der Waals surface area contributed by atoms with Crippen molar-refractivity contribution < 1.29 is 19.0 Å². The van der Waals surface area contributed by atoms with Crippen LogP contribution in [-0.2, 0) is 19.0 Å². The summed E-state index contributed by atoms with van der Waals surface area (Å²) in [6.45, 7) is 9.47. The van der Waals surface area contributed by atoms with E-state index in [1.165, 1.54) is 0 Å². The van der Waals surface area contributed by atoms with Gasteiger partial charge in [-0.1, -0.05) is 20.4 Å². The highest BCUT2D eigenvalue weighted by atomic mass is 16.6. The molecule has 16 heavy (non-hydrogen) atoms. The first-order valence-corrected chi connectivity index (χ1v) is 5.73. The van der Waals surface area contributed by atoms with Gasteiger partial charge in [-0.2, -0.15) is 0 Å². The highest BCUT2D eigenvalue weighted by Gasteiger charge is 2.13. The van der Waals surface area contributed by atoms with Crippen LogP contribution >= 0.6 is 0 Å². The van der Waals surface area contributed by atoms with Crippen molar-refractivity contribution in [2.45, 2.75) is 32.8 Å². The predicted molar refractivity (Wildman–Crippen MR) is 62.3 cm³/mol. The Bertz CT molecular complexity index is 181. The molecule has 0 radical (unpaired) electrons. The van der Waals surface area contributed by atoms with Gasteiger partial charge in [0.25, 0.3) is 0 Å². The summed E-state index contributed by atoms with van der Waals surface area (Å²) in [5, 5.41) is 0. The molecule has 0 unspecified atom stereocenters. The molecule has 0 spiro atoms. The van der Waals surface area contributed by atoms with Gasteiger partial charge in [-0.3, -0.25) is 0 Å². The van der Waals surface area contributed by atoms with Crippen molar-refractivity contribution in [2.24, 2.45) is 0 Å². The van der Waals surface area contributed by atoms with Crippen molar-refractivity contribution >= 4 is 5.97 Å². The number of esters is 1. The Hall–Kier alpha value is -0.870. The van der Waals surface area contributed by atoms with Crippen molar-refractivity contribution in [3.63, 3.8) is 0 Å². The predicted octanol–water partition coefficient (Wildman–Crippen LogP) is 1.94. The molecule has 0 heterocycles. The molecular formula is C12H22O4. The molecule has 0 aliphatic heterocycles. The molecule has 0 aliphatic rings. The fraction of sp³-hybridized carbons (Fsp3) is 0.750. The fourth-order valence-electron chi connectivity index (χ4n) is 1.05. The lowest BCUT2D eigenvalue weighted by atomic mass is 10.4. The minimum atomic E-state index is -0.440. The molecule has 94 valence electrons. The van der Waals surface area contributed by atoms with Gasteiger partial charge in [0.2, 0.25) is 0 Å². The SMILES string of the molecule is C=CC(=O)OC(COCCC)COCCC. The lowest BCUT2D eigenvalue weighted by Crippen LogP contribution is -2.28. The number of carbonyl (C=O) groups excluding carboxylic acids is 1. The molecule has 0 fully saturated rings. The van der Waals surface area contributed by atoms with Crippen LogP contribution in [0.4, 0.5) is 0 Å². The highest BCUT2D eigenvalue weighted by Crippen LogP contribution is 1.98. The summed E-state index contributed by atoms with van der Waals surface area (Å²) >= 11 is 0. The third-order valence-electron chi connectivity index (χ3n) is 1.75. The summed E-state index contributed by atoms with van der Waals surface area (Å²) in [6.07, 6.45) is 2.69. The van der Waals surface area contributed by atoms with Gasteiger partial charge in [-0.15, -0.1) is 0 Å². The zero-order valence-electron chi connectivity index (χ0n) is 10.2. The summed E-state index contributed by atoms with van der Waals surface area (Å²) < 4.78 is 15.7. The maximum atomic E-state index is 11.0. The second-order valence-corrected chi connectivity index (χ2v) is 3.41. The molecule has 0 aromatic heterocycles. The van der Waals surface area contributed by atoms with Gasteiger partial charge in [0.05, 0.1) is 13.2 Å². The van der Waals surface area contributed by atoms with Crippen LogP contribution in [0.5, 0.6) is 0 Å². The molecule has 4 nitrogen and oxygen atoms in total. The van der Waals surface area contributed by atoms with E-state index in [2.05, 4.69) is 6.58 Å². The molecular weight excluding hydrogens is 208 g/mol. The minimum absolute atomic E-state index is 0.344. The first-order valence-electron chi connectivity index (χ1n) is 5.73. The van der Waals surface area contributed by atoms with Gasteiger partial charge in [0.15, 0.2) is 0 Å². The van der Waals surface area contributed by atoms with E-state index in [9.17, 15) is 4.79 Å². The average Bonchev–Trinajstić information content (AvgIpc) is 2.29. The lowest BCUT2D eigenvalue weighted by molar-refractivity contribution is -0.150. The van der Waals surface area contributed by atoms with Crippen LogP contribution in [0.25, 0.3) is 0 Å². The van der Waals surface area contributed by atoms with E-state index < -0.39 is 5.97 Å². The van der Waals surface area contributed by atoms with Crippen molar-refractivity contribution in [3.05, 3.63) is 12.7 Å². The van der Waals surface area contributed by atoms with E-state index in [0.717, 1.165) is 18.9 Å². The number of hydrogen-bond acceptors (Lipinski definition) is 4. The smallest absolute Gasteiger partial charge is 0.330 e. The summed E-state index contributed by atoms with van der Waals surface area (Å²) in [7, 11) is 0. The molecule has 0 amide bonds. The van der Waals surface area contributed by atoms with Crippen molar-refractivity contribution in [1.82, 2.24) is 0 Å². The van der Waals surface area contributed by atoms with E-state index in [1.807, 2.05) is 13.8 Å². The van der Waals surface area contributed by atoms with Crippen molar-refractivity contribution in [2.75, 3.05) is 26.4 Å². The van der Waals surface area contributed by atoms with Crippen molar-refractivity contribution in [3.8, 4) is 0 Å². The molecule has 0 saturated heterocycles. The van der Waals surface area contributed by atoms with E-state index in [0.29, 0.717) is 26.4 Å². The average molecular weight is 230 g/mol. The Morgan fingerprint density at radius 1 is 1.19 bits per heavy atom. The molecule has 4 heteroatoms. The van der Waals surface area contributed by atoms with Crippen molar-refractivity contribution in [1.29, 1.82) is 0 Å². The summed E-state index contributed by atoms with van der Waals surface area (Å²) in [5.74, 6) is -0.440. The Labute approximate surface area is 97.6 Å². The van der Waals surface area contributed by atoms with E-state index >= 15 is 0 Å². The van der Waals surface area contributed by atoms with Crippen LogP contribution in [0.1, 0.15) is 26.7 Å². The largest absolute Gasteiger partial charge is 0.454 e. The molecule has 0 bridgehead atoms. The zero-order chi connectivity index (χ0) is 12.2. The van der Waals surface area contributed by atoms with Gasteiger partial charge in [-0.25, -0.2) is 4.79 Å². The topological polar surface area (TPSA) is 44.8 Å². The summed E-state index contributed by atoms with van der Waals surface area (Å²) in [4.78, 5) is 11.0. The van der Waals surface area contributed by atoms with Gasteiger partial charge in [0, 0.05) is 19.3 Å². The zero-order valence-corrected chi connectivity index (χ0v) is 10.2. The Kier molecular flexibility index (Phi) is 10.1. The Morgan fingerprint density at radius 2 is 1.69 bits per heavy atom. The molecule has 0 atom stereocenters. The number of carbonyl (C=O) groups is 1. The van der Waals surface area contributed by atoms with Crippen LogP contribution in [0, 0.1) is 0 Å². The maximum Gasteiger partial charge on any atom is 0.330 e. The third-order valence-corrected chi connectivity index (χ3v) is 1.75. The second-order valence-electron chi connectivity index (χ2n) is 3.41. The lowest BCUT2D eigenvalue weighted by Gasteiger charge is -2.17. The standard InChI is InChI=1S/C12H22O4/c1-4-7-14-9-11(10-15-8-5-2)16-12(13)6-3/h6,11H,3-5,7-10H2,1-2H3. The quantitative estimate of drug-likeness (QED) is 0.327. The van der Waals surface area contributed by atoms with Gasteiger partial charge in [-0.05, 0) is 12.8 Å². The van der Waals surface area contributed by atoms with Crippen LogP contribution < -0.4 is 0 Å². The first kappa shape index (κ1) is 15.1. The minimum Gasteiger partial charge on any atom is -0.454 e. The molecule has 0 N–H and O–H groups in total. The van der Waals surface area contributed by atoms with E-state index in [4.69, 9.17) is 14.2 Å². The second kappa shape index (κ2) is 10.6. The Balaban J connectivity index is 3.84. The molecule has 0 aromatic carbocycles. The highest BCUT2D eigenvalue weighted by molar-refractivity contribution is 5.81. The monoisotopic (exact) mass is 230 g/mol. The molecule has 0 aromatic rings. The summed E-state index contributed by atoms with van der Waals surface area (Å²) in [5.41, 5.74) is 0. The van der Waals surface area contributed by atoms with E-state index in [-0.39, 0.29) is 6.10 Å². The number of rotatable bonds is 10. The van der Waals surface area contributed by atoms with Crippen LogP contribution in [-0.4, -0.2) is 38.5 Å². The number of hydrogen-bond donors (Lipinski definition) is 0. The van der Waals surface area contributed by atoms with Gasteiger partial charge in [0.1, 0.15) is 6.10 Å². The molecule has 0 saturated carbocycles. The fourth-order valence-corrected chi connectivity index (χ4v) is 1.05. The first-order chi connectivity index (χ1) is 7.74. The van der Waals surface area contributed by atoms with Gasteiger partial charge >= 0.3 is 5.97 Å². The Morgan fingerprint density at radius 3 is 2.06 bits per heavy atom. The van der Waals surface area contributed by atoms with E-state index in [1.54, 1.807) is 0 Å². The van der Waals surface area contributed by atoms with Crippen LogP contribution in [0.3, 0.4) is 0 Å². The normalized spacial score (nSPS) is 10.4. The summed E-state index contributed by atoms with van der Waals surface area (Å²) in [6, 6.07) is 0. The maximum absolute atomic E-state index is 11.0. The molecule has 0 rings (SSSR count). The van der Waals surface area contributed by atoms with Crippen LogP contribution in [0.15, 0.2) is 12.7 Å².